The predicted octanol–water partition coefficient (Wildman–Crippen LogP) is 4.40. The van der Waals surface area contributed by atoms with Crippen LogP contribution in [0.4, 0.5) is 0 Å². The van der Waals surface area contributed by atoms with Crippen LogP contribution in [-0.4, -0.2) is 29.6 Å². The fraction of sp³-hybridized carbons (Fsp3) is 0.368. The van der Waals surface area contributed by atoms with Crippen molar-refractivity contribution >= 4 is 34.2 Å². The second-order valence-corrected chi connectivity index (χ2v) is 7.90. The monoisotopic (exact) mass is 343 g/mol. The van der Waals surface area contributed by atoms with Gasteiger partial charge in [-0.2, -0.15) is 0 Å². The zero-order valence-electron chi connectivity index (χ0n) is 14.3. The number of methoxy groups -OCH3 is 1. The van der Waals surface area contributed by atoms with E-state index < -0.39 is 11.6 Å². The van der Waals surface area contributed by atoms with Crippen molar-refractivity contribution in [2.75, 3.05) is 7.11 Å². The van der Waals surface area contributed by atoms with Crippen molar-refractivity contribution in [3.63, 3.8) is 0 Å². The van der Waals surface area contributed by atoms with E-state index in [0.29, 0.717) is 5.25 Å². The lowest BCUT2D eigenvalue weighted by Gasteiger charge is -2.24. The minimum Gasteiger partial charge on any atom is -0.367 e. The van der Waals surface area contributed by atoms with Crippen LogP contribution in [0.3, 0.4) is 0 Å². The van der Waals surface area contributed by atoms with Crippen molar-refractivity contribution in [1.82, 2.24) is 0 Å². The molecule has 1 heterocycles. The van der Waals surface area contributed by atoms with Crippen LogP contribution in [0.15, 0.2) is 46.4 Å². The highest BCUT2D eigenvalue weighted by molar-refractivity contribution is 8.00. The Hall–Kier alpha value is -1.85. The molecule has 0 saturated carbocycles. The van der Waals surface area contributed by atoms with Gasteiger partial charge in [-0.05, 0) is 30.7 Å². The number of ether oxygens (including phenoxy) is 1. The normalized spacial score (nSPS) is 19.3. The number of carbonyl (C=O) groups is 1. The molecule has 1 atom stereocenters. The lowest BCUT2D eigenvalue weighted by Crippen LogP contribution is -2.34. The lowest BCUT2D eigenvalue weighted by atomic mass is 9.98. The molecule has 0 saturated heterocycles. The molecule has 0 radical (unpaired) electrons. The summed E-state index contributed by atoms with van der Waals surface area (Å²) in [4.78, 5) is 18.5. The molecule has 0 amide bonds. The summed E-state index contributed by atoms with van der Waals surface area (Å²) in [7, 11) is 1.48. The number of nitrogens with zero attached hydrogens (tertiary/aromatic N) is 1. The van der Waals surface area contributed by atoms with Gasteiger partial charge in [0.1, 0.15) is 0 Å². The molecule has 5 heteroatoms. The number of thioether (sulfide) groups is 1. The first-order valence-corrected chi connectivity index (χ1v) is 8.82. The van der Waals surface area contributed by atoms with Crippen LogP contribution in [0.1, 0.15) is 32.8 Å². The molecule has 2 aromatic rings. The molecule has 2 aromatic carbocycles. The van der Waals surface area contributed by atoms with Crippen LogP contribution in [0.5, 0.6) is 0 Å². The number of benzene rings is 2. The highest BCUT2D eigenvalue weighted by atomic mass is 32.2. The van der Waals surface area contributed by atoms with Crippen molar-refractivity contribution in [2.24, 2.45) is 5.16 Å². The van der Waals surface area contributed by atoms with Gasteiger partial charge in [-0.25, -0.2) is 4.79 Å². The van der Waals surface area contributed by atoms with Crippen molar-refractivity contribution in [2.45, 2.75) is 42.9 Å². The first-order chi connectivity index (χ1) is 11.4. The second kappa shape index (κ2) is 6.57. The third-order valence-electron chi connectivity index (χ3n) is 4.23. The van der Waals surface area contributed by atoms with E-state index in [4.69, 9.17) is 9.57 Å². The minimum atomic E-state index is -1.01. The number of oxime groups is 1. The van der Waals surface area contributed by atoms with Gasteiger partial charge in [0, 0.05) is 29.2 Å². The van der Waals surface area contributed by atoms with E-state index in [0.717, 1.165) is 28.5 Å². The minimum absolute atomic E-state index is 0.381. The van der Waals surface area contributed by atoms with Gasteiger partial charge in [0.05, 0.1) is 5.71 Å². The maximum atomic E-state index is 12.1. The predicted molar refractivity (Wildman–Crippen MR) is 97.6 cm³/mol. The van der Waals surface area contributed by atoms with Crippen LogP contribution >= 0.6 is 11.8 Å². The summed E-state index contributed by atoms with van der Waals surface area (Å²) < 4.78 is 5.15. The number of hydrogen-bond donors (Lipinski definition) is 0. The van der Waals surface area contributed by atoms with E-state index in [1.807, 2.05) is 23.9 Å². The van der Waals surface area contributed by atoms with Gasteiger partial charge in [-0.15, -0.1) is 11.8 Å². The topological polar surface area (TPSA) is 47.9 Å². The Labute approximate surface area is 146 Å². The molecule has 0 N–H and O–H groups in total. The van der Waals surface area contributed by atoms with E-state index in [1.54, 1.807) is 13.8 Å². The summed E-state index contributed by atoms with van der Waals surface area (Å²) in [5.41, 5.74) is 0.869. The van der Waals surface area contributed by atoms with Crippen LogP contribution in [0, 0.1) is 0 Å². The second-order valence-electron chi connectivity index (χ2n) is 6.42. The van der Waals surface area contributed by atoms with E-state index >= 15 is 0 Å². The molecule has 0 aromatic heterocycles. The molecular weight excluding hydrogens is 322 g/mol. The molecule has 126 valence electrons. The highest BCUT2D eigenvalue weighted by Gasteiger charge is 2.30. The number of carbonyl (C=O) groups excluding carboxylic acids is 1. The molecule has 0 aliphatic carbocycles. The van der Waals surface area contributed by atoms with Crippen LogP contribution in [0.25, 0.3) is 10.8 Å². The summed E-state index contributed by atoms with van der Waals surface area (Å²) in [6.45, 7) is 5.48. The largest absolute Gasteiger partial charge is 0.367 e. The summed E-state index contributed by atoms with van der Waals surface area (Å²) in [5.74, 6) is -0.495. The Balaban J connectivity index is 2.03. The maximum Gasteiger partial charge on any atom is 0.365 e. The van der Waals surface area contributed by atoms with Gasteiger partial charge in [0.2, 0.25) is 0 Å². The fourth-order valence-corrected chi connectivity index (χ4v) is 3.82. The maximum absolute atomic E-state index is 12.1. The van der Waals surface area contributed by atoms with Crippen molar-refractivity contribution in [3.05, 3.63) is 42.0 Å². The smallest absolute Gasteiger partial charge is 0.365 e. The molecule has 0 spiro atoms. The lowest BCUT2D eigenvalue weighted by molar-refractivity contribution is -0.165. The Bertz CT molecular complexity index is 813. The molecule has 1 unspecified atom stereocenters. The van der Waals surface area contributed by atoms with Gasteiger partial charge in [0.15, 0.2) is 5.60 Å². The van der Waals surface area contributed by atoms with E-state index in [-0.39, 0.29) is 0 Å². The van der Waals surface area contributed by atoms with Crippen molar-refractivity contribution in [1.29, 1.82) is 0 Å². The highest BCUT2D eigenvalue weighted by Crippen LogP contribution is 2.39. The molecular formula is C19H21NO3S. The van der Waals surface area contributed by atoms with Crippen LogP contribution in [-0.2, 0) is 14.4 Å². The Kier molecular flexibility index (Phi) is 4.65. The van der Waals surface area contributed by atoms with E-state index in [2.05, 4.69) is 36.3 Å². The van der Waals surface area contributed by atoms with Crippen LogP contribution in [0.2, 0.25) is 0 Å². The molecule has 4 nitrogen and oxygen atoms in total. The summed E-state index contributed by atoms with van der Waals surface area (Å²) in [5, 5.41) is 6.88. The van der Waals surface area contributed by atoms with Gasteiger partial charge in [-0.3, -0.25) is 0 Å². The van der Waals surface area contributed by atoms with Crippen molar-refractivity contribution in [3.8, 4) is 0 Å². The van der Waals surface area contributed by atoms with E-state index in [1.165, 1.54) is 12.0 Å². The first kappa shape index (κ1) is 17.0. The van der Waals surface area contributed by atoms with Gasteiger partial charge in [0.25, 0.3) is 0 Å². The molecule has 3 rings (SSSR count). The molecule has 1 aliphatic heterocycles. The number of rotatable bonds is 3. The molecule has 0 fully saturated rings. The van der Waals surface area contributed by atoms with Crippen LogP contribution < -0.4 is 0 Å². The number of fused-ring (bicyclic) bond motifs is 3. The third kappa shape index (κ3) is 3.19. The van der Waals surface area contributed by atoms with Gasteiger partial charge < -0.3 is 9.57 Å². The molecule has 1 aliphatic rings. The zero-order valence-corrected chi connectivity index (χ0v) is 15.1. The Morgan fingerprint density at radius 3 is 2.75 bits per heavy atom. The average Bonchev–Trinajstić information content (AvgIpc) is 2.58. The standard InChI is InChI=1S/C19H21NO3S/c1-12-11-15(20-23-18(21)19(2,3)22-4)17-14-8-6-5-7-13(14)9-10-16(17)24-12/h5-10,12H,11H2,1-4H3/b20-15+. The summed E-state index contributed by atoms with van der Waals surface area (Å²) in [6, 6.07) is 12.4. The number of hydrogen-bond acceptors (Lipinski definition) is 5. The first-order valence-electron chi connectivity index (χ1n) is 7.94. The van der Waals surface area contributed by atoms with Crippen molar-refractivity contribution < 1.29 is 14.4 Å². The third-order valence-corrected chi connectivity index (χ3v) is 5.39. The fourth-order valence-electron chi connectivity index (χ4n) is 2.65. The molecule has 24 heavy (non-hydrogen) atoms. The zero-order chi connectivity index (χ0) is 17.3. The van der Waals surface area contributed by atoms with Gasteiger partial charge in [-0.1, -0.05) is 42.4 Å². The SMILES string of the molecule is COC(C)(C)C(=O)O/N=C1\CC(C)Sc2ccc3ccccc3c21. The molecule has 0 bridgehead atoms. The van der Waals surface area contributed by atoms with E-state index in [9.17, 15) is 4.79 Å². The average molecular weight is 343 g/mol. The summed E-state index contributed by atoms with van der Waals surface area (Å²) >= 11 is 1.83. The summed E-state index contributed by atoms with van der Waals surface area (Å²) in [6.07, 6.45) is 0.756. The Morgan fingerprint density at radius 2 is 2.00 bits per heavy atom. The Morgan fingerprint density at radius 1 is 1.25 bits per heavy atom. The quantitative estimate of drug-likeness (QED) is 0.612. The van der Waals surface area contributed by atoms with Gasteiger partial charge >= 0.3 is 5.97 Å².